The van der Waals surface area contributed by atoms with Crippen LogP contribution in [0.4, 0.5) is 0 Å². The van der Waals surface area contributed by atoms with E-state index < -0.39 is 17.8 Å². The van der Waals surface area contributed by atoms with Gasteiger partial charge in [0.05, 0.1) is 19.6 Å². The van der Waals surface area contributed by atoms with Crippen molar-refractivity contribution in [1.29, 1.82) is 0 Å². The lowest BCUT2D eigenvalue weighted by Gasteiger charge is -2.08. The standard InChI is InChI=1S/C28H30N6O6/c29-33-31-13-16-38-15-12-30-28(37)25-19-34(14-11-26(35)39-20-22-7-3-1-4-8-22)18-24(32-25)17-27(36)40-21-23-9-5-2-6-10-23/h1-10,18-19H,11-17,20-21H2/p+1. The van der Waals surface area contributed by atoms with Crippen LogP contribution in [0.5, 0.6) is 0 Å². The molecule has 0 saturated heterocycles. The Morgan fingerprint density at radius 2 is 1.55 bits per heavy atom. The minimum atomic E-state index is -0.504. The summed E-state index contributed by atoms with van der Waals surface area (Å²) in [4.78, 5) is 44.5. The van der Waals surface area contributed by atoms with E-state index in [4.69, 9.17) is 19.7 Å². The zero-order valence-corrected chi connectivity index (χ0v) is 22.0. The second-order valence-electron chi connectivity index (χ2n) is 8.53. The molecule has 12 heteroatoms. The number of aromatic nitrogens is 2. The maximum atomic E-state index is 12.8. The molecule has 0 bridgehead atoms. The van der Waals surface area contributed by atoms with Crippen molar-refractivity contribution in [3.8, 4) is 0 Å². The van der Waals surface area contributed by atoms with E-state index in [0.717, 1.165) is 11.1 Å². The average molecular weight is 548 g/mol. The van der Waals surface area contributed by atoms with Gasteiger partial charge in [0, 0.05) is 18.0 Å². The van der Waals surface area contributed by atoms with Crippen molar-refractivity contribution < 1.29 is 33.2 Å². The van der Waals surface area contributed by atoms with E-state index in [1.807, 2.05) is 60.7 Å². The first kappa shape index (κ1) is 29.8. The number of aryl methyl sites for hydroxylation is 1. The first-order chi connectivity index (χ1) is 19.5. The molecule has 0 saturated carbocycles. The fraction of sp³-hybridized carbons (Fsp3) is 0.321. The third-order valence-electron chi connectivity index (χ3n) is 5.42. The van der Waals surface area contributed by atoms with Crippen LogP contribution in [0.3, 0.4) is 0 Å². The van der Waals surface area contributed by atoms with Gasteiger partial charge in [0.25, 0.3) is 5.91 Å². The molecule has 0 fully saturated rings. The molecular weight excluding hydrogens is 516 g/mol. The Morgan fingerprint density at radius 1 is 0.900 bits per heavy atom. The maximum absolute atomic E-state index is 12.8. The van der Waals surface area contributed by atoms with Crippen LogP contribution in [-0.4, -0.2) is 49.1 Å². The van der Waals surface area contributed by atoms with Crippen molar-refractivity contribution >= 4 is 17.8 Å². The molecule has 208 valence electrons. The predicted molar refractivity (Wildman–Crippen MR) is 142 cm³/mol. The second-order valence-corrected chi connectivity index (χ2v) is 8.53. The fourth-order valence-electron chi connectivity index (χ4n) is 3.47. The van der Waals surface area contributed by atoms with E-state index >= 15 is 0 Å². The van der Waals surface area contributed by atoms with Gasteiger partial charge in [-0.2, -0.15) is 0 Å². The summed E-state index contributed by atoms with van der Waals surface area (Å²) in [6, 6.07) is 18.6. The predicted octanol–water partition coefficient (Wildman–Crippen LogP) is 2.85. The lowest BCUT2D eigenvalue weighted by Crippen LogP contribution is -2.39. The van der Waals surface area contributed by atoms with Gasteiger partial charge in [0.15, 0.2) is 24.6 Å². The SMILES string of the molecule is [N-]=[N+]=NCCOCCNC(=O)c1c[n+](CCC(=O)OCc2ccccc2)cc(CC(=O)OCc2ccccc2)n1. The van der Waals surface area contributed by atoms with Crippen molar-refractivity contribution in [2.45, 2.75) is 32.6 Å². The Balaban J connectivity index is 1.60. The number of rotatable bonds is 16. The molecule has 0 atom stereocenters. The van der Waals surface area contributed by atoms with Crippen molar-refractivity contribution in [2.75, 3.05) is 26.3 Å². The van der Waals surface area contributed by atoms with Gasteiger partial charge < -0.3 is 19.5 Å². The van der Waals surface area contributed by atoms with E-state index in [1.165, 1.54) is 6.20 Å². The molecule has 12 nitrogen and oxygen atoms in total. The van der Waals surface area contributed by atoms with E-state index in [1.54, 1.807) is 10.8 Å². The van der Waals surface area contributed by atoms with Gasteiger partial charge in [0.2, 0.25) is 0 Å². The monoisotopic (exact) mass is 547 g/mol. The molecule has 1 N–H and O–H groups in total. The zero-order valence-electron chi connectivity index (χ0n) is 22.0. The lowest BCUT2D eigenvalue weighted by molar-refractivity contribution is -0.697. The summed E-state index contributed by atoms with van der Waals surface area (Å²) in [7, 11) is 0. The highest BCUT2D eigenvalue weighted by Crippen LogP contribution is 2.05. The van der Waals surface area contributed by atoms with Crippen LogP contribution in [0.2, 0.25) is 0 Å². The molecule has 0 aliphatic rings. The molecule has 0 unspecified atom stereocenters. The first-order valence-corrected chi connectivity index (χ1v) is 12.7. The molecule has 1 aromatic heterocycles. The summed E-state index contributed by atoms with van der Waals surface area (Å²) in [5.74, 6) is -1.38. The molecule has 1 amide bonds. The number of nitrogens with one attached hydrogen (secondary N) is 1. The van der Waals surface area contributed by atoms with Gasteiger partial charge in [-0.1, -0.05) is 65.8 Å². The van der Waals surface area contributed by atoms with Gasteiger partial charge in [-0.3, -0.25) is 14.4 Å². The molecule has 0 radical (unpaired) electrons. The molecule has 1 heterocycles. The van der Waals surface area contributed by atoms with E-state index in [-0.39, 0.29) is 64.6 Å². The molecule has 0 aliphatic carbocycles. The van der Waals surface area contributed by atoms with Crippen LogP contribution in [0, 0.1) is 0 Å². The van der Waals surface area contributed by atoms with Gasteiger partial charge in [-0.25, -0.2) is 9.55 Å². The number of carbonyl (C=O) groups is 3. The number of hydrogen-bond acceptors (Lipinski definition) is 8. The van der Waals surface area contributed by atoms with Crippen molar-refractivity contribution in [1.82, 2.24) is 10.3 Å². The number of amides is 1. The normalized spacial score (nSPS) is 10.3. The number of benzene rings is 2. The zero-order chi connectivity index (χ0) is 28.4. The fourth-order valence-corrected chi connectivity index (χ4v) is 3.47. The van der Waals surface area contributed by atoms with E-state index in [2.05, 4.69) is 20.3 Å². The molecule has 0 spiro atoms. The number of esters is 2. The molecule has 3 rings (SSSR count). The van der Waals surface area contributed by atoms with Crippen molar-refractivity contribution in [3.63, 3.8) is 0 Å². The molecule has 0 aliphatic heterocycles. The number of hydrogen-bond donors (Lipinski definition) is 1. The lowest BCUT2D eigenvalue weighted by atomic mass is 10.2. The number of azide groups is 1. The van der Waals surface area contributed by atoms with Crippen LogP contribution in [0.15, 0.2) is 78.2 Å². The summed E-state index contributed by atoms with van der Waals surface area (Å²) in [6.45, 7) is 1.34. The highest BCUT2D eigenvalue weighted by Gasteiger charge is 2.19. The van der Waals surface area contributed by atoms with Crippen molar-refractivity contribution in [3.05, 3.63) is 106 Å². The Morgan fingerprint density at radius 3 is 2.20 bits per heavy atom. The average Bonchev–Trinajstić information content (AvgIpc) is 2.98. The minimum Gasteiger partial charge on any atom is -0.461 e. The van der Waals surface area contributed by atoms with Crippen LogP contribution in [0.1, 0.15) is 33.7 Å². The third-order valence-corrected chi connectivity index (χ3v) is 5.42. The molecular formula is C28H31N6O6+. The van der Waals surface area contributed by atoms with Gasteiger partial charge >= 0.3 is 11.9 Å². The van der Waals surface area contributed by atoms with E-state index in [0.29, 0.717) is 5.69 Å². The quantitative estimate of drug-likeness (QED) is 0.0721. The summed E-state index contributed by atoms with van der Waals surface area (Å²) >= 11 is 0. The van der Waals surface area contributed by atoms with Crippen LogP contribution >= 0.6 is 0 Å². The summed E-state index contributed by atoms with van der Waals surface area (Å²) in [5, 5.41) is 6.06. The Hall–Kier alpha value is -4.80. The topological polar surface area (TPSA) is 156 Å². The Kier molecular flexibility index (Phi) is 12.6. The molecule has 2 aromatic carbocycles. The van der Waals surface area contributed by atoms with Crippen LogP contribution < -0.4 is 9.88 Å². The van der Waals surface area contributed by atoms with Crippen molar-refractivity contribution in [2.24, 2.45) is 5.11 Å². The summed E-state index contributed by atoms with van der Waals surface area (Å²) < 4.78 is 17.6. The Labute approximate surface area is 231 Å². The smallest absolute Gasteiger partial charge is 0.312 e. The molecule has 40 heavy (non-hydrogen) atoms. The first-order valence-electron chi connectivity index (χ1n) is 12.7. The summed E-state index contributed by atoms with van der Waals surface area (Å²) in [5.41, 5.74) is 10.4. The van der Waals surface area contributed by atoms with Gasteiger partial charge in [-0.15, -0.1) is 0 Å². The van der Waals surface area contributed by atoms with E-state index in [9.17, 15) is 14.4 Å². The highest BCUT2D eigenvalue weighted by molar-refractivity contribution is 5.91. The third kappa shape index (κ3) is 11.3. The van der Waals surface area contributed by atoms with Crippen LogP contribution in [0.25, 0.3) is 10.4 Å². The van der Waals surface area contributed by atoms with Gasteiger partial charge in [0.1, 0.15) is 25.3 Å². The Bertz CT molecular complexity index is 1300. The second kappa shape index (κ2) is 16.9. The largest absolute Gasteiger partial charge is 0.461 e. The number of nitrogens with zero attached hydrogens (tertiary/aromatic N) is 5. The maximum Gasteiger partial charge on any atom is 0.312 e. The highest BCUT2D eigenvalue weighted by atomic mass is 16.5. The van der Waals surface area contributed by atoms with Crippen LogP contribution in [-0.2, 0) is 50.0 Å². The summed E-state index contributed by atoms with van der Waals surface area (Å²) in [6.07, 6.45) is 3.00. The minimum absolute atomic E-state index is 0.0550. The molecule has 3 aromatic rings. The number of ether oxygens (including phenoxy) is 3. The van der Waals surface area contributed by atoms with Gasteiger partial charge in [-0.05, 0) is 16.7 Å². The number of carbonyl (C=O) groups excluding carboxylic acids is 3.